The number of benzene rings is 2. The number of Topliss-reactive ketones (excluding diaryl/α,β-unsaturated/α-hetero) is 1. The maximum absolute atomic E-state index is 12.8. The highest BCUT2D eigenvalue weighted by Gasteiger charge is 2.24. The van der Waals surface area contributed by atoms with Gasteiger partial charge in [0.05, 0.1) is 27.4 Å². The summed E-state index contributed by atoms with van der Waals surface area (Å²) in [6, 6.07) is 11.1. The van der Waals surface area contributed by atoms with Crippen molar-refractivity contribution in [3.05, 3.63) is 47.0 Å². The largest absolute Gasteiger partial charge is 0.380 e. The van der Waals surface area contributed by atoms with Gasteiger partial charge in [-0.25, -0.2) is 9.97 Å². The maximum Gasteiger partial charge on any atom is 0.223 e. The van der Waals surface area contributed by atoms with Gasteiger partial charge in [-0.2, -0.15) is 0 Å². The zero-order valence-electron chi connectivity index (χ0n) is 19.6. The number of likely N-dealkylation sites (tertiary alicyclic amines) is 1. The Morgan fingerprint density at radius 2 is 2.03 bits per heavy atom. The van der Waals surface area contributed by atoms with Crippen LogP contribution in [-0.4, -0.2) is 57.4 Å². The molecule has 0 saturated carbocycles. The number of halogens is 1. The van der Waals surface area contributed by atoms with E-state index >= 15 is 0 Å². The number of hydrogen-bond donors (Lipinski definition) is 1. The number of amides is 1. The Morgan fingerprint density at radius 1 is 1.17 bits per heavy atom. The molecular formula is C25H26ClN5O3S. The van der Waals surface area contributed by atoms with Crippen molar-refractivity contribution in [2.24, 2.45) is 7.05 Å². The lowest BCUT2D eigenvalue weighted by Crippen LogP contribution is -2.42. The lowest BCUT2D eigenvalue weighted by atomic mass is 10.0. The summed E-state index contributed by atoms with van der Waals surface area (Å²) < 4.78 is 8.31. The number of imidazole rings is 1. The van der Waals surface area contributed by atoms with Gasteiger partial charge in [-0.05, 0) is 49.2 Å². The number of thiazole rings is 1. The predicted octanol–water partition coefficient (Wildman–Crippen LogP) is 5.18. The number of aromatic nitrogens is 3. The molecule has 2 aromatic carbocycles. The van der Waals surface area contributed by atoms with Crippen LogP contribution in [0.25, 0.3) is 21.3 Å². The van der Waals surface area contributed by atoms with Crippen LogP contribution in [0.1, 0.15) is 36.0 Å². The number of rotatable bonds is 7. The molecule has 5 rings (SSSR count). The molecule has 0 aliphatic carbocycles. The molecule has 1 N–H and O–H groups in total. The summed E-state index contributed by atoms with van der Waals surface area (Å²) in [5.41, 5.74) is 3.02. The number of ketones is 1. The third kappa shape index (κ3) is 5.03. The number of ether oxygens (including phenoxy) is 1. The molecule has 1 aliphatic heterocycles. The van der Waals surface area contributed by atoms with Crippen LogP contribution in [-0.2, 0) is 16.6 Å². The summed E-state index contributed by atoms with van der Waals surface area (Å²) >= 11 is 7.58. The van der Waals surface area contributed by atoms with E-state index in [0.29, 0.717) is 33.7 Å². The van der Waals surface area contributed by atoms with Gasteiger partial charge in [-0.3, -0.25) is 9.59 Å². The van der Waals surface area contributed by atoms with Crippen molar-refractivity contribution in [2.45, 2.75) is 31.8 Å². The van der Waals surface area contributed by atoms with Crippen LogP contribution in [0.15, 0.2) is 36.4 Å². The van der Waals surface area contributed by atoms with Crippen molar-refractivity contribution in [2.75, 3.05) is 25.5 Å². The molecule has 182 valence electrons. The molecule has 1 amide bonds. The molecule has 8 nitrogen and oxygen atoms in total. The Morgan fingerprint density at radius 3 is 2.86 bits per heavy atom. The molecule has 10 heteroatoms. The minimum Gasteiger partial charge on any atom is -0.380 e. The Kier molecular flexibility index (Phi) is 6.73. The number of carbonyl (C=O) groups excluding carboxylic acids is 2. The normalized spacial score (nSPS) is 16.2. The van der Waals surface area contributed by atoms with Gasteiger partial charge in [-0.15, -0.1) is 0 Å². The first-order valence-electron chi connectivity index (χ1n) is 11.5. The van der Waals surface area contributed by atoms with E-state index in [9.17, 15) is 9.59 Å². The van der Waals surface area contributed by atoms with Gasteiger partial charge in [-0.1, -0.05) is 22.9 Å². The Hall–Kier alpha value is -3.01. The first kappa shape index (κ1) is 23.7. The number of methoxy groups -OCH3 is 1. The molecule has 0 spiro atoms. The first-order chi connectivity index (χ1) is 16.9. The van der Waals surface area contributed by atoms with E-state index in [0.717, 1.165) is 35.1 Å². The molecule has 1 atom stereocenters. The third-order valence-corrected chi connectivity index (χ3v) is 7.57. The van der Waals surface area contributed by atoms with Crippen LogP contribution >= 0.6 is 22.9 Å². The first-order valence-corrected chi connectivity index (χ1v) is 12.7. The number of piperidine rings is 1. The molecule has 4 aromatic rings. The van der Waals surface area contributed by atoms with Gasteiger partial charge in [0.2, 0.25) is 11.9 Å². The van der Waals surface area contributed by atoms with Gasteiger partial charge in [0.15, 0.2) is 10.9 Å². The molecule has 1 aliphatic rings. The fourth-order valence-electron chi connectivity index (χ4n) is 4.41. The average Bonchev–Trinajstić information content (AvgIpc) is 3.41. The molecule has 3 heterocycles. The van der Waals surface area contributed by atoms with E-state index in [2.05, 4.69) is 15.3 Å². The molecule has 0 bridgehead atoms. The third-order valence-electron chi connectivity index (χ3n) is 6.40. The van der Waals surface area contributed by atoms with Gasteiger partial charge >= 0.3 is 0 Å². The summed E-state index contributed by atoms with van der Waals surface area (Å²) in [6.07, 6.45) is 2.34. The molecular weight excluding hydrogens is 486 g/mol. The highest BCUT2D eigenvalue weighted by atomic mass is 35.5. The van der Waals surface area contributed by atoms with Gasteiger partial charge in [0, 0.05) is 50.7 Å². The van der Waals surface area contributed by atoms with Crippen molar-refractivity contribution >= 4 is 67.0 Å². The lowest BCUT2D eigenvalue weighted by Gasteiger charge is -2.32. The number of fused-ring (bicyclic) bond motifs is 2. The number of carbonyl (C=O) groups is 2. The van der Waals surface area contributed by atoms with Crippen LogP contribution in [0.2, 0.25) is 5.02 Å². The van der Waals surface area contributed by atoms with E-state index in [1.807, 2.05) is 35.9 Å². The SMILES string of the molecule is CO[C@H]1CCCN(C(=O)CCC(=O)c2ccc3c(c2)nc(Nc2nc4ccc(Cl)cc4s2)n3C)C1. The van der Waals surface area contributed by atoms with Crippen LogP contribution in [0.4, 0.5) is 11.1 Å². The second-order valence-electron chi connectivity index (χ2n) is 8.72. The van der Waals surface area contributed by atoms with E-state index < -0.39 is 0 Å². The van der Waals surface area contributed by atoms with Gasteiger partial charge < -0.3 is 19.5 Å². The maximum atomic E-state index is 12.8. The number of aryl methyl sites for hydroxylation is 1. The number of nitrogens with one attached hydrogen (secondary N) is 1. The zero-order valence-corrected chi connectivity index (χ0v) is 21.2. The molecule has 0 radical (unpaired) electrons. The molecule has 2 aromatic heterocycles. The highest BCUT2D eigenvalue weighted by Crippen LogP contribution is 2.31. The summed E-state index contributed by atoms with van der Waals surface area (Å²) in [7, 11) is 3.58. The lowest BCUT2D eigenvalue weighted by molar-refractivity contribution is -0.134. The topological polar surface area (TPSA) is 89.3 Å². The fourth-order valence-corrected chi connectivity index (χ4v) is 5.55. The molecule has 0 unspecified atom stereocenters. The van der Waals surface area contributed by atoms with E-state index in [1.165, 1.54) is 11.3 Å². The van der Waals surface area contributed by atoms with Crippen molar-refractivity contribution in [1.29, 1.82) is 0 Å². The van der Waals surface area contributed by atoms with Gasteiger partial charge in [0.1, 0.15) is 0 Å². The van der Waals surface area contributed by atoms with E-state index in [-0.39, 0.29) is 30.6 Å². The number of anilines is 2. The minimum atomic E-state index is -0.0660. The van der Waals surface area contributed by atoms with Crippen LogP contribution in [0.3, 0.4) is 0 Å². The smallest absolute Gasteiger partial charge is 0.223 e. The van der Waals surface area contributed by atoms with E-state index in [1.54, 1.807) is 24.1 Å². The van der Waals surface area contributed by atoms with Crippen LogP contribution < -0.4 is 5.32 Å². The van der Waals surface area contributed by atoms with Crippen LogP contribution in [0.5, 0.6) is 0 Å². The Balaban J connectivity index is 1.27. The molecule has 35 heavy (non-hydrogen) atoms. The fraction of sp³-hybridized carbons (Fsp3) is 0.360. The summed E-state index contributed by atoms with van der Waals surface area (Å²) in [4.78, 5) is 36.5. The molecule has 1 fully saturated rings. The minimum absolute atomic E-state index is 0.00243. The van der Waals surface area contributed by atoms with Gasteiger partial charge in [0.25, 0.3) is 0 Å². The summed E-state index contributed by atoms with van der Waals surface area (Å²) in [5, 5.41) is 4.66. The zero-order chi connectivity index (χ0) is 24.5. The van der Waals surface area contributed by atoms with Crippen molar-refractivity contribution in [3.63, 3.8) is 0 Å². The van der Waals surface area contributed by atoms with Crippen molar-refractivity contribution < 1.29 is 14.3 Å². The van der Waals surface area contributed by atoms with E-state index in [4.69, 9.17) is 16.3 Å². The highest BCUT2D eigenvalue weighted by molar-refractivity contribution is 7.22. The average molecular weight is 512 g/mol. The second-order valence-corrected chi connectivity index (χ2v) is 10.2. The van der Waals surface area contributed by atoms with Crippen molar-refractivity contribution in [1.82, 2.24) is 19.4 Å². The number of nitrogens with zero attached hydrogens (tertiary/aromatic N) is 4. The second kappa shape index (κ2) is 9.93. The van der Waals surface area contributed by atoms with Crippen LogP contribution in [0, 0.1) is 0 Å². The quantitative estimate of drug-likeness (QED) is 0.344. The summed E-state index contributed by atoms with van der Waals surface area (Å²) in [6.45, 7) is 1.32. The van der Waals surface area contributed by atoms with Crippen molar-refractivity contribution in [3.8, 4) is 0 Å². The molecule has 1 saturated heterocycles. The Labute approximate surface area is 211 Å². The summed E-state index contributed by atoms with van der Waals surface area (Å²) in [5.74, 6) is 0.564. The number of hydrogen-bond acceptors (Lipinski definition) is 7. The monoisotopic (exact) mass is 511 g/mol. The standard InChI is InChI=1S/C25H26ClN5O3S/c1-30-20-8-5-15(21(32)9-10-23(33)31-11-3-4-17(14-31)34-2)12-19(20)27-24(30)29-25-28-18-7-6-16(26)13-22(18)35-25/h5-8,12-13,17H,3-4,9-11,14H2,1-2H3,(H,27,28,29)/t17-/m0/s1. The Bertz CT molecular complexity index is 1420. The predicted molar refractivity (Wildman–Crippen MR) is 139 cm³/mol.